The molecule has 2 N–H and O–H groups in total. The number of ether oxygens (including phenoxy) is 2. The zero-order valence-electron chi connectivity index (χ0n) is 18.7. The lowest BCUT2D eigenvalue weighted by Gasteiger charge is -2.41. The van der Waals surface area contributed by atoms with E-state index in [0.717, 1.165) is 26.0 Å². The number of carbonyl (C=O) groups excluding carboxylic acids is 1. The van der Waals surface area contributed by atoms with Crippen LogP contribution in [0.5, 0.6) is 0 Å². The molecule has 9 heteroatoms. The highest BCUT2D eigenvalue weighted by Gasteiger charge is 2.38. The summed E-state index contributed by atoms with van der Waals surface area (Å²) in [4.78, 5) is 11.5. The summed E-state index contributed by atoms with van der Waals surface area (Å²) in [5.41, 5.74) is 3.43. The molecule has 0 radical (unpaired) electrons. The number of nitrogens with zero attached hydrogens (tertiary/aromatic N) is 2. The highest BCUT2D eigenvalue weighted by Crippen LogP contribution is 2.43. The van der Waals surface area contributed by atoms with Crippen LogP contribution in [0.15, 0.2) is 52.9 Å². The van der Waals surface area contributed by atoms with Gasteiger partial charge >= 0.3 is 0 Å². The lowest BCUT2D eigenvalue weighted by Crippen LogP contribution is -2.38. The predicted molar refractivity (Wildman–Crippen MR) is 129 cm³/mol. The standard InChI is InChI=1S/C24H27N3O4S2/c1-14-21(13-32-24-27-26-16(3)33-24)30-23(19-5-4-6-20(11-19)25-15(2)29)31-22(14)18-9-7-17(12-28)8-10-18/h4-11,14,21-23,28H,12-13H2,1-3H3,(H,25,29)/t14-,21+,22+,23+/m0/s1. The molecular weight excluding hydrogens is 458 g/mol. The van der Waals surface area contributed by atoms with Crippen LogP contribution in [0.25, 0.3) is 0 Å². The van der Waals surface area contributed by atoms with E-state index in [4.69, 9.17) is 9.47 Å². The maximum absolute atomic E-state index is 11.5. The number of thioether (sulfide) groups is 1. The monoisotopic (exact) mass is 485 g/mol. The third-order valence-corrected chi connectivity index (χ3v) is 7.54. The molecule has 2 heterocycles. The van der Waals surface area contributed by atoms with Crippen LogP contribution in [0.4, 0.5) is 5.69 Å². The summed E-state index contributed by atoms with van der Waals surface area (Å²) in [6.45, 7) is 5.56. The molecule has 1 aliphatic heterocycles. The number of aromatic nitrogens is 2. The minimum Gasteiger partial charge on any atom is -0.392 e. The number of anilines is 1. The molecule has 1 fully saturated rings. The molecule has 1 saturated heterocycles. The Bertz CT molecular complexity index is 1090. The van der Waals surface area contributed by atoms with Gasteiger partial charge in [-0.15, -0.1) is 10.2 Å². The van der Waals surface area contributed by atoms with Crippen molar-refractivity contribution < 1.29 is 19.4 Å². The molecule has 3 aromatic rings. The van der Waals surface area contributed by atoms with E-state index in [2.05, 4.69) is 22.4 Å². The van der Waals surface area contributed by atoms with Gasteiger partial charge in [0.25, 0.3) is 0 Å². The van der Waals surface area contributed by atoms with Crippen LogP contribution in [-0.4, -0.2) is 33.1 Å². The van der Waals surface area contributed by atoms with Crippen molar-refractivity contribution in [3.05, 3.63) is 70.2 Å². The van der Waals surface area contributed by atoms with E-state index in [0.29, 0.717) is 11.4 Å². The SMILES string of the molecule is CC(=O)Nc1cccc([C@@H]2O[C@H](CSc3nnc(C)s3)[C@H](C)[C@H](c3ccc(CO)cc3)O2)c1. The summed E-state index contributed by atoms with van der Waals surface area (Å²) in [5.74, 6) is 0.669. The molecule has 7 nitrogen and oxygen atoms in total. The fraction of sp³-hybridized carbons (Fsp3) is 0.375. The molecule has 4 atom stereocenters. The van der Waals surface area contributed by atoms with Crippen molar-refractivity contribution in [3.8, 4) is 0 Å². The van der Waals surface area contributed by atoms with Crippen molar-refractivity contribution in [2.75, 3.05) is 11.1 Å². The van der Waals surface area contributed by atoms with Crippen LogP contribution < -0.4 is 5.32 Å². The molecular formula is C24H27N3O4S2. The average molecular weight is 486 g/mol. The van der Waals surface area contributed by atoms with E-state index in [1.54, 1.807) is 23.1 Å². The summed E-state index contributed by atoms with van der Waals surface area (Å²) < 4.78 is 13.8. The topological polar surface area (TPSA) is 93.6 Å². The Morgan fingerprint density at radius 3 is 2.61 bits per heavy atom. The van der Waals surface area contributed by atoms with Gasteiger partial charge in [-0.25, -0.2) is 0 Å². The quantitative estimate of drug-likeness (QED) is 0.461. The Labute approximate surface area is 201 Å². The number of hydrogen-bond donors (Lipinski definition) is 2. The normalized spacial score (nSPS) is 22.8. The summed E-state index contributed by atoms with van der Waals surface area (Å²) in [6.07, 6.45) is -0.869. The van der Waals surface area contributed by atoms with Gasteiger partial charge in [0.2, 0.25) is 5.91 Å². The van der Waals surface area contributed by atoms with Gasteiger partial charge in [-0.05, 0) is 30.2 Å². The molecule has 1 amide bonds. The number of nitrogens with one attached hydrogen (secondary N) is 1. The Hall–Kier alpha value is -2.30. The lowest BCUT2D eigenvalue weighted by molar-refractivity contribution is -0.268. The fourth-order valence-corrected chi connectivity index (χ4v) is 5.77. The van der Waals surface area contributed by atoms with Crippen LogP contribution in [0, 0.1) is 12.8 Å². The van der Waals surface area contributed by atoms with Crippen LogP contribution >= 0.6 is 23.1 Å². The first-order valence-corrected chi connectivity index (χ1v) is 12.5. The van der Waals surface area contributed by atoms with E-state index in [1.165, 1.54) is 6.92 Å². The van der Waals surface area contributed by atoms with Crippen LogP contribution in [0.2, 0.25) is 0 Å². The third-order valence-electron chi connectivity index (χ3n) is 5.48. The van der Waals surface area contributed by atoms with Crippen molar-refractivity contribution in [1.29, 1.82) is 0 Å². The second-order valence-corrected chi connectivity index (χ2v) is 10.5. The van der Waals surface area contributed by atoms with Gasteiger partial charge in [-0.1, -0.05) is 66.4 Å². The van der Waals surface area contributed by atoms with Crippen molar-refractivity contribution in [3.63, 3.8) is 0 Å². The molecule has 0 bridgehead atoms. The lowest BCUT2D eigenvalue weighted by atomic mass is 9.91. The molecule has 0 unspecified atom stereocenters. The number of carbonyl (C=O) groups is 1. The number of rotatable bonds is 7. The first-order chi connectivity index (χ1) is 15.9. The first kappa shape index (κ1) is 23.8. The van der Waals surface area contributed by atoms with Gasteiger partial charge in [0.05, 0.1) is 18.8 Å². The Morgan fingerprint density at radius 2 is 1.94 bits per heavy atom. The molecule has 1 aliphatic rings. The van der Waals surface area contributed by atoms with Crippen molar-refractivity contribution in [2.24, 2.45) is 5.92 Å². The number of aliphatic hydroxyl groups is 1. The molecule has 174 valence electrons. The van der Waals surface area contributed by atoms with Crippen LogP contribution in [-0.2, 0) is 20.9 Å². The molecule has 0 spiro atoms. The number of hydrogen-bond acceptors (Lipinski definition) is 8. The van der Waals surface area contributed by atoms with Gasteiger partial charge in [-0.3, -0.25) is 4.79 Å². The maximum Gasteiger partial charge on any atom is 0.221 e. The highest BCUT2D eigenvalue weighted by molar-refractivity contribution is 8.01. The smallest absolute Gasteiger partial charge is 0.221 e. The molecule has 33 heavy (non-hydrogen) atoms. The van der Waals surface area contributed by atoms with E-state index in [1.807, 2.05) is 55.5 Å². The number of benzene rings is 2. The van der Waals surface area contributed by atoms with Gasteiger partial charge in [0.1, 0.15) is 5.01 Å². The minimum atomic E-state index is -0.584. The Morgan fingerprint density at radius 1 is 1.15 bits per heavy atom. The summed E-state index contributed by atoms with van der Waals surface area (Å²) >= 11 is 3.21. The Kier molecular flexibility index (Phi) is 7.77. The number of aliphatic hydroxyl groups excluding tert-OH is 1. The minimum absolute atomic E-state index is 0.00354. The van der Waals surface area contributed by atoms with Crippen LogP contribution in [0.1, 0.15) is 47.9 Å². The second kappa shape index (κ2) is 10.8. The van der Waals surface area contributed by atoms with Crippen molar-refractivity contribution in [2.45, 2.75) is 50.2 Å². The van der Waals surface area contributed by atoms with E-state index < -0.39 is 6.29 Å². The fourth-order valence-electron chi connectivity index (χ4n) is 3.77. The largest absolute Gasteiger partial charge is 0.392 e. The maximum atomic E-state index is 11.5. The highest BCUT2D eigenvalue weighted by atomic mass is 32.2. The van der Waals surface area contributed by atoms with E-state index in [9.17, 15) is 9.90 Å². The molecule has 2 aromatic carbocycles. The van der Waals surface area contributed by atoms with Gasteiger partial charge in [0, 0.05) is 29.8 Å². The second-order valence-electron chi connectivity index (χ2n) is 8.03. The average Bonchev–Trinajstić information content (AvgIpc) is 3.23. The van der Waals surface area contributed by atoms with Crippen LogP contribution in [0.3, 0.4) is 0 Å². The number of aryl methyl sites for hydroxylation is 1. The van der Waals surface area contributed by atoms with E-state index >= 15 is 0 Å². The zero-order chi connectivity index (χ0) is 23.4. The van der Waals surface area contributed by atoms with Crippen molar-refractivity contribution in [1.82, 2.24) is 10.2 Å². The van der Waals surface area contributed by atoms with E-state index in [-0.39, 0.29) is 30.6 Å². The summed E-state index contributed by atoms with van der Waals surface area (Å²) in [7, 11) is 0. The van der Waals surface area contributed by atoms with Crippen molar-refractivity contribution >= 4 is 34.7 Å². The number of amides is 1. The van der Waals surface area contributed by atoms with Gasteiger partial charge < -0.3 is 19.9 Å². The third kappa shape index (κ3) is 5.99. The predicted octanol–water partition coefficient (Wildman–Crippen LogP) is 4.88. The van der Waals surface area contributed by atoms with Gasteiger partial charge in [-0.2, -0.15) is 0 Å². The summed E-state index contributed by atoms with van der Waals surface area (Å²) in [5, 5.41) is 21.5. The summed E-state index contributed by atoms with van der Waals surface area (Å²) in [6, 6.07) is 15.4. The molecule has 0 saturated carbocycles. The molecule has 0 aliphatic carbocycles. The molecule has 1 aromatic heterocycles. The Balaban J connectivity index is 1.59. The zero-order valence-corrected chi connectivity index (χ0v) is 20.4. The first-order valence-electron chi connectivity index (χ1n) is 10.7. The molecule has 4 rings (SSSR count). The van der Waals surface area contributed by atoms with Gasteiger partial charge in [0.15, 0.2) is 10.6 Å².